The van der Waals surface area contributed by atoms with Crippen molar-refractivity contribution in [1.29, 1.82) is 0 Å². The van der Waals surface area contributed by atoms with E-state index in [1.54, 1.807) is 6.92 Å². The Hall–Kier alpha value is -0.0200. The molecule has 3 rings (SSSR count). The molecule has 6 atom stereocenters. The van der Waals surface area contributed by atoms with E-state index in [0.29, 0.717) is 0 Å². The molecule has 2 heterocycles. The minimum atomic E-state index is -1.77. The van der Waals surface area contributed by atoms with E-state index in [1.165, 1.54) is 13.5 Å². The van der Waals surface area contributed by atoms with E-state index in [0.717, 1.165) is 25.7 Å². The molecular formula is C16H24Cl3NO6. The van der Waals surface area contributed by atoms with E-state index in [9.17, 15) is 4.79 Å². The van der Waals surface area contributed by atoms with Crippen LogP contribution in [0.1, 0.15) is 39.0 Å². The Balaban J connectivity index is 1.67. The van der Waals surface area contributed by atoms with Crippen LogP contribution in [0.2, 0.25) is 0 Å². The Morgan fingerprint density at radius 1 is 1.08 bits per heavy atom. The fourth-order valence-corrected chi connectivity index (χ4v) is 3.98. The van der Waals surface area contributed by atoms with Crippen molar-refractivity contribution in [1.82, 2.24) is 5.32 Å². The summed E-state index contributed by atoms with van der Waals surface area (Å²) in [6.45, 7) is 1.80. The topological polar surface area (TPSA) is 75.2 Å². The number of hydrogen-bond acceptors (Lipinski definition) is 6. The van der Waals surface area contributed by atoms with Gasteiger partial charge < -0.3 is 29.0 Å². The molecule has 150 valence electrons. The molecule has 26 heavy (non-hydrogen) atoms. The molecule has 0 radical (unpaired) electrons. The lowest BCUT2D eigenvalue weighted by Crippen LogP contribution is -2.58. The third-order valence-electron chi connectivity index (χ3n) is 4.96. The SMILES string of the molecule is CO[C@@H]1O[C@@H](C)[C@@H]2O[C@@H](C(Cl)(Cl)Cl)O[C@@H]2[C@H]1OC(=O)NC1CCCCC1. The van der Waals surface area contributed by atoms with E-state index >= 15 is 0 Å². The number of carbonyl (C=O) groups excluding carboxylic acids is 1. The lowest BCUT2D eigenvalue weighted by Gasteiger charge is -2.39. The first-order chi connectivity index (χ1) is 12.3. The highest BCUT2D eigenvalue weighted by atomic mass is 35.6. The predicted molar refractivity (Wildman–Crippen MR) is 95.4 cm³/mol. The van der Waals surface area contributed by atoms with Crippen LogP contribution in [0.25, 0.3) is 0 Å². The maximum atomic E-state index is 12.4. The minimum Gasteiger partial charge on any atom is -0.438 e. The maximum Gasteiger partial charge on any atom is 0.407 e. The second-order valence-corrected chi connectivity index (χ2v) is 9.24. The Labute approximate surface area is 167 Å². The molecule has 1 aliphatic carbocycles. The first kappa shape index (κ1) is 20.7. The second-order valence-electron chi connectivity index (χ2n) is 6.87. The zero-order chi connectivity index (χ0) is 18.9. The van der Waals surface area contributed by atoms with E-state index in [2.05, 4.69) is 5.32 Å². The van der Waals surface area contributed by atoms with Gasteiger partial charge in [-0.3, -0.25) is 0 Å². The number of ether oxygens (including phenoxy) is 5. The highest BCUT2D eigenvalue weighted by Gasteiger charge is 2.57. The third-order valence-corrected chi connectivity index (χ3v) is 5.49. The van der Waals surface area contributed by atoms with Crippen molar-refractivity contribution < 1.29 is 28.5 Å². The smallest absolute Gasteiger partial charge is 0.407 e. The number of alkyl carbamates (subject to hydrolysis) is 1. The number of amides is 1. The summed E-state index contributed by atoms with van der Waals surface area (Å²) in [5.74, 6) is 0. The van der Waals surface area contributed by atoms with Crippen molar-refractivity contribution in [3.63, 3.8) is 0 Å². The van der Waals surface area contributed by atoms with Crippen LogP contribution >= 0.6 is 34.8 Å². The molecule has 2 saturated heterocycles. The van der Waals surface area contributed by atoms with Crippen LogP contribution in [-0.2, 0) is 23.7 Å². The first-order valence-electron chi connectivity index (χ1n) is 8.82. The van der Waals surface area contributed by atoms with E-state index in [4.69, 9.17) is 58.5 Å². The molecule has 2 aliphatic heterocycles. The van der Waals surface area contributed by atoms with Crippen molar-refractivity contribution in [3.05, 3.63) is 0 Å². The van der Waals surface area contributed by atoms with Gasteiger partial charge in [-0.25, -0.2) is 4.79 Å². The molecule has 1 N–H and O–H groups in total. The molecular weight excluding hydrogens is 409 g/mol. The normalized spacial score (nSPS) is 38.7. The van der Waals surface area contributed by atoms with Gasteiger partial charge in [-0.15, -0.1) is 0 Å². The number of alkyl halides is 3. The largest absolute Gasteiger partial charge is 0.438 e. The van der Waals surface area contributed by atoms with Crippen LogP contribution in [-0.4, -0.2) is 60.0 Å². The number of methoxy groups -OCH3 is 1. The Kier molecular flexibility index (Phi) is 6.81. The monoisotopic (exact) mass is 431 g/mol. The highest BCUT2D eigenvalue weighted by molar-refractivity contribution is 6.67. The van der Waals surface area contributed by atoms with Gasteiger partial charge in [0.25, 0.3) is 0 Å². The fourth-order valence-electron chi connectivity index (χ4n) is 3.67. The van der Waals surface area contributed by atoms with Crippen LogP contribution in [0, 0.1) is 0 Å². The summed E-state index contributed by atoms with van der Waals surface area (Å²) in [7, 11) is 1.47. The minimum absolute atomic E-state index is 0.117. The van der Waals surface area contributed by atoms with Gasteiger partial charge in [0.15, 0.2) is 12.4 Å². The predicted octanol–water partition coefficient (Wildman–Crippen LogP) is 3.29. The maximum absolute atomic E-state index is 12.4. The molecule has 7 nitrogen and oxygen atoms in total. The number of halogens is 3. The van der Waals surface area contributed by atoms with Crippen molar-refractivity contribution >= 4 is 40.9 Å². The number of fused-ring (bicyclic) bond motifs is 1. The van der Waals surface area contributed by atoms with E-state index < -0.39 is 40.8 Å². The molecule has 0 unspecified atom stereocenters. The summed E-state index contributed by atoms with van der Waals surface area (Å²) in [5.41, 5.74) is 0. The Morgan fingerprint density at radius 3 is 2.35 bits per heavy atom. The van der Waals surface area contributed by atoms with Crippen molar-refractivity contribution in [2.75, 3.05) is 7.11 Å². The summed E-state index contributed by atoms with van der Waals surface area (Å²) in [6.07, 6.45) is 0.413. The average Bonchev–Trinajstić information content (AvgIpc) is 3.04. The number of carbonyl (C=O) groups is 1. The Bertz CT molecular complexity index is 499. The standard InChI is InChI=1S/C16H24Cl3NO6/c1-8-10-11(25-14(24-10)16(17,18)19)12(13(22-2)23-8)26-15(21)20-9-6-4-3-5-7-9/h8-14H,3-7H2,1-2H3,(H,20,21)/t8-,10-,11-,12+,13+,14+/m0/s1. The summed E-state index contributed by atoms with van der Waals surface area (Å²) in [6, 6.07) is 0.117. The van der Waals surface area contributed by atoms with Crippen LogP contribution in [0.15, 0.2) is 0 Å². The molecule has 10 heteroatoms. The van der Waals surface area contributed by atoms with Gasteiger partial charge in [0.2, 0.25) is 10.1 Å². The van der Waals surface area contributed by atoms with Gasteiger partial charge in [-0.1, -0.05) is 54.1 Å². The zero-order valence-corrected chi connectivity index (χ0v) is 16.9. The quantitative estimate of drug-likeness (QED) is 0.690. The molecule has 0 aromatic carbocycles. The molecule has 0 spiro atoms. The van der Waals surface area contributed by atoms with Crippen LogP contribution in [0.3, 0.4) is 0 Å². The fraction of sp³-hybridized carbons (Fsp3) is 0.938. The van der Waals surface area contributed by atoms with Crippen molar-refractivity contribution in [3.8, 4) is 0 Å². The number of hydrogen-bond donors (Lipinski definition) is 1. The van der Waals surface area contributed by atoms with E-state index in [1.807, 2.05) is 0 Å². The molecule has 0 aromatic heterocycles. The van der Waals surface area contributed by atoms with Gasteiger partial charge in [0.05, 0.1) is 6.10 Å². The lowest BCUT2D eigenvalue weighted by molar-refractivity contribution is -0.264. The van der Waals surface area contributed by atoms with Crippen molar-refractivity contribution in [2.45, 2.75) is 85.9 Å². The summed E-state index contributed by atoms with van der Waals surface area (Å²) in [5, 5.41) is 2.90. The second kappa shape index (κ2) is 8.55. The zero-order valence-electron chi connectivity index (χ0n) is 14.7. The Morgan fingerprint density at radius 2 is 1.73 bits per heavy atom. The molecule has 3 aliphatic rings. The molecule has 0 aromatic rings. The first-order valence-corrected chi connectivity index (χ1v) is 9.96. The lowest BCUT2D eigenvalue weighted by atomic mass is 9.96. The highest BCUT2D eigenvalue weighted by Crippen LogP contribution is 2.42. The molecule has 1 saturated carbocycles. The van der Waals surface area contributed by atoms with Crippen molar-refractivity contribution in [2.24, 2.45) is 0 Å². The summed E-state index contributed by atoms with van der Waals surface area (Å²) < 4.78 is 26.3. The van der Waals surface area contributed by atoms with Crippen LogP contribution in [0.4, 0.5) is 4.79 Å². The average molecular weight is 433 g/mol. The molecule has 0 bridgehead atoms. The summed E-state index contributed by atoms with van der Waals surface area (Å²) >= 11 is 17.7. The van der Waals surface area contributed by atoms with Crippen LogP contribution in [0.5, 0.6) is 0 Å². The number of rotatable bonds is 3. The number of nitrogens with one attached hydrogen (secondary N) is 1. The van der Waals surface area contributed by atoms with Gasteiger partial charge in [-0.05, 0) is 19.8 Å². The van der Waals surface area contributed by atoms with Gasteiger partial charge >= 0.3 is 6.09 Å². The molecule has 3 fully saturated rings. The summed E-state index contributed by atoms with van der Waals surface area (Å²) in [4.78, 5) is 12.4. The molecule has 1 amide bonds. The van der Waals surface area contributed by atoms with E-state index in [-0.39, 0.29) is 12.1 Å². The van der Waals surface area contributed by atoms with Gasteiger partial charge in [0.1, 0.15) is 12.2 Å². The van der Waals surface area contributed by atoms with Gasteiger partial charge in [0, 0.05) is 13.2 Å². The van der Waals surface area contributed by atoms with Gasteiger partial charge in [-0.2, -0.15) is 0 Å². The van der Waals surface area contributed by atoms with Crippen LogP contribution < -0.4 is 5.32 Å². The third kappa shape index (κ3) is 4.69.